The maximum Gasteiger partial charge on any atom is 0.267 e. The number of carbonyl (C=O) groups is 2. The molecule has 32 heavy (non-hydrogen) atoms. The molecule has 0 saturated carbocycles. The lowest BCUT2D eigenvalue weighted by molar-refractivity contribution is -0.127. The average molecular weight is 427 g/mol. The highest BCUT2D eigenvalue weighted by Crippen LogP contribution is 2.28. The summed E-state index contributed by atoms with van der Waals surface area (Å²) >= 11 is 0. The zero-order valence-corrected chi connectivity index (χ0v) is 17.2. The molecule has 1 aliphatic rings. The number of nitrogens with zero attached hydrogens (tertiary/aromatic N) is 4. The van der Waals surface area contributed by atoms with Gasteiger partial charge in [0.2, 0.25) is 11.9 Å². The molecule has 0 radical (unpaired) electrons. The van der Waals surface area contributed by atoms with Gasteiger partial charge in [-0.2, -0.15) is 0 Å². The lowest BCUT2D eigenvalue weighted by Crippen LogP contribution is -2.38. The Kier molecular flexibility index (Phi) is 4.70. The maximum atomic E-state index is 12.2. The second kappa shape index (κ2) is 7.69. The molecule has 0 saturated heterocycles. The lowest BCUT2D eigenvalue weighted by Gasteiger charge is -2.27. The molecular weight excluding hydrogens is 406 g/mol. The molecule has 5 rings (SSSR count). The third-order valence-corrected chi connectivity index (χ3v) is 5.50. The highest BCUT2D eigenvalue weighted by atomic mass is 16.2. The van der Waals surface area contributed by atoms with Crippen LogP contribution in [-0.2, 0) is 17.9 Å². The minimum absolute atomic E-state index is 0.164. The minimum Gasteiger partial charge on any atom is -0.364 e. The van der Waals surface area contributed by atoms with Crippen LogP contribution < -0.4 is 11.1 Å². The quantitative estimate of drug-likeness (QED) is 0.423. The van der Waals surface area contributed by atoms with Crippen molar-refractivity contribution < 1.29 is 9.59 Å². The lowest BCUT2D eigenvalue weighted by atomic mass is 10.1. The maximum absolute atomic E-state index is 12.2. The van der Waals surface area contributed by atoms with Crippen molar-refractivity contribution in [2.24, 2.45) is 5.73 Å². The number of nitrogens with two attached hydrogens (primary N) is 1. The summed E-state index contributed by atoms with van der Waals surface area (Å²) in [6.07, 6.45) is 1.28. The molecule has 0 bridgehead atoms. The topological polar surface area (TPSA) is 122 Å². The molecule has 3 heterocycles. The number of aromatic nitrogens is 4. The number of primary amides is 1. The van der Waals surface area contributed by atoms with Crippen LogP contribution in [0.15, 0.2) is 61.2 Å². The molecule has 2 aromatic carbocycles. The Morgan fingerprint density at radius 2 is 1.88 bits per heavy atom. The number of hydrogen-bond acceptors (Lipinski definition) is 5. The molecule has 4 aromatic rings. The number of aromatic amines is 1. The van der Waals surface area contributed by atoms with Gasteiger partial charge in [0.1, 0.15) is 17.2 Å². The normalized spacial score (nSPS) is 13.1. The molecule has 0 spiro atoms. The molecule has 0 atom stereocenters. The number of anilines is 2. The Bertz CT molecular complexity index is 1320. The fourth-order valence-electron chi connectivity index (χ4n) is 3.96. The van der Waals surface area contributed by atoms with Crippen molar-refractivity contribution in [2.75, 3.05) is 11.9 Å². The minimum atomic E-state index is -0.549. The molecule has 4 N–H and O–H groups in total. The predicted molar refractivity (Wildman–Crippen MR) is 121 cm³/mol. The first-order chi connectivity index (χ1) is 15.5. The van der Waals surface area contributed by atoms with Gasteiger partial charge in [-0.25, -0.2) is 9.97 Å². The summed E-state index contributed by atoms with van der Waals surface area (Å²) in [6.45, 7) is 4.75. The van der Waals surface area contributed by atoms with E-state index in [-0.39, 0.29) is 5.91 Å². The number of rotatable bonds is 5. The number of H-pyrrole nitrogens is 1. The summed E-state index contributed by atoms with van der Waals surface area (Å²) in [5.41, 5.74) is 9.97. The van der Waals surface area contributed by atoms with Gasteiger partial charge in [0.05, 0.1) is 17.6 Å². The van der Waals surface area contributed by atoms with Gasteiger partial charge in [0.15, 0.2) is 0 Å². The van der Waals surface area contributed by atoms with Crippen LogP contribution in [0, 0.1) is 0 Å². The van der Waals surface area contributed by atoms with Crippen LogP contribution in [0.4, 0.5) is 11.6 Å². The number of imidazole rings is 2. The van der Waals surface area contributed by atoms with Gasteiger partial charge < -0.3 is 25.5 Å². The Hall–Kier alpha value is -4.40. The van der Waals surface area contributed by atoms with Crippen LogP contribution in [0.2, 0.25) is 0 Å². The van der Waals surface area contributed by atoms with Crippen LogP contribution in [-0.4, -0.2) is 42.8 Å². The smallest absolute Gasteiger partial charge is 0.267 e. The summed E-state index contributed by atoms with van der Waals surface area (Å²) in [4.78, 5) is 38.2. The van der Waals surface area contributed by atoms with Crippen LogP contribution in [0.5, 0.6) is 0 Å². The number of hydrogen-bond donors (Lipinski definition) is 3. The number of nitrogens with one attached hydrogen (secondary N) is 2. The van der Waals surface area contributed by atoms with Crippen molar-refractivity contribution in [3.63, 3.8) is 0 Å². The highest BCUT2D eigenvalue weighted by Gasteiger charge is 2.28. The van der Waals surface area contributed by atoms with Gasteiger partial charge >= 0.3 is 0 Å². The molecule has 1 aliphatic heterocycles. The second-order valence-electron chi connectivity index (χ2n) is 7.51. The zero-order chi connectivity index (χ0) is 22.2. The van der Waals surface area contributed by atoms with Gasteiger partial charge in [-0.3, -0.25) is 9.59 Å². The van der Waals surface area contributed by atoms with Gasteiger partial charge in [-0.15, -0.1) is 0 Å². The fraction of sp³-hybridized carbons (Fsp3) is 0.130. The van der Waals surface area contributed by atoms with E-state index in [2.05, 4.69) is 26.8 Å². The van der Waals surface area contributed by atoms with Crippen LogP contribution in [0.25, 0.3) is 22.3 Å². The van der Waals surface area contributed by atoms with Crippen molar-refractivity contribution in [2.45, 2.75) is 13.1 Å². The highest BCUT2D eigenvalue weighted by molar-refractivity contribution is 5.97. The average Bonchev–Trinajstić information content (AvgIpc) is 3.39. The molecule has 0 fully saturated rings. The third-order valence-electron chi connectivity index (χ3n) is 5.50. The molecule has 9 nitrogen and oxygen atoms in total. The monoisotopic (exact) mass is 427 g/mol. The fourth-order valence-corrected chi connectivity index (χ4v) is 3.96. The molecule has 0 aliphatic carbocycles. The summed E-state index contributed by atoms with van der Waals surface area (Å²) in [6, 6.07) is 15.3. The number of benzene rings is 2. The van der Waals surface area contributed by atoms with Crippen LogP contribution >= 0.6 is 0 Å². The largest absolute Gasteiger partial charge is 0.364 e. The second-order valence-corrected chi connectivity index (χ2v) is 7.51. The van der Waals surface area contributed by atoms with E-state index in [1.165, 1.54) is 6.08 Å². The zero-order valence-electron chi connectivity index (χ0n) is 17.2. The molecular formula is C23H21N7O2. The van der Waals surface area contributed by atoms with Crippen LogP contribution in [0.1, 0.15) is 16.3 Å². The molecule has 9 heteroatoms. The molecule has 2 amide bonds. The van der Waals surface area contributed by atoms with Crippen molar-refractivity contribution in [3.8, 4) is 11.3 Å². The number of carbonyl (C=O) groups excluding carboxylic acids is 2. The van der Waals surface area contributed by atoms with Gasteiger partial charge in [-0.1, -0.05) is 30.8 Å². The number of para-hydroxylation sites is 2. The first-order valence-electron chi connectivity index (χ1n) is 10.2. The van der Waals surface area contributed by atoms with Gasteiger partial charge in [-0.05, 0) is 30.3 Å². The molecule has 0 unspecified atom stereocenters. The predicted octanol–water partition coefficient (Wildman–Crippen LogP) is 2.80. The van der Waals surface area contributed by atoms with E-state index in [1.54, 1.807) is 9.47 Å². The van der Waals surface area contributed by atoms with E-state index in [0.29, 0.717) is 42.8 Å². The first kappa shape index (κ1) is 19.6. The molecule has 160 valence electrons. The standard InChI is InChI=1S/C23H21N7O2/c1-2-19(31)29-11-12-30-18(13-29)28-20(21(30)22(24)32)14-7-9-15(10-8-14)25-23-26-16-5-3-4-6-17(16)27-23/h2-10H,1,11-13H2,(H2,24,32)(H2,25,26,27). The van der Waals surface area contributed by atoms with E-state index in [1.807, 2.05) is 48.5 Å². The van der Waals surface area contributed by atoms with Crippen molar-refractivity contribution in [1.82, 2.24) is 24.4 Å². The number of fused-ring (bicyclic) bond motifs is 2. The first-order valence-corrected chi connectivity index (χ1v) is 10.2. The molecule has 2 aromatic heterocycles. The summed E-state index contributed by atoms with van der Waals surface area (Å²) in [7, 11) is 0. The Morgan fingerprint density at radius 1 is 1.09 bits per heavy atom. The SMILES string of the molecule is C=CC(=O)N1CCn2c(nc(-c3ccc(Nc4nc5ccccc5[nH]4)cc3)c2C(N)=O)C1. The van der Waals surface area contributed by atoms with E-state index < -0.39 is 5.91 Å². The van der Waals surface area contributed by atoms with Crippen molar-refractivity contribution >= 4 is 34.5 Å². The van der Waals surface area contributed by atoms with Crippen LogP contribution in [0.3, 0.4) is 0 Å². The van der Waals surface area contributed by atoms with Crippen molar-refractivity contribution in [3.05, 3.63) is 72.7 Å². The Labute approximate surface area is 183 Å². The van der Waals surface area contributed by atoms with Gasteiger partial charge in [0, 0.05) is 24.3 Å². The van der Waals surface area contributed by atoms with E-state index >= 15 is 0 Å². The number of amides is 2. The Morgan fingerprint density at radius 3 is 2.59 bits per heavy atom. The Balaban J connectivity index is 1.43. The van der Waals surface area contributed by atoms with E-state index in [0.717, 1.165) is 22.3 Å². The summed E-state index contributed by atoms with van der Waals surface area (Å²) in [5, 5.41) is 3.25. The third kappa shape index (κ3) is 3.39. The van der Waals surface area contributed by atoms with Gasteiger partial charge in [0.25, 0.3) is 5.91 Å². The van der Waals surface area contributed by atoms with Crippen molar-refractivity contribution in [1.29, 1.82) is 0 Å². The van der Waals surface area contributed by atoms with E-state index in [4.69, 9.17) is 5.73 Å². The van der Waals surface area contributed by atoms with E-state index in [9.17, 15) is 9.59 Å². The summed E-state index contributed by atoms with van der Waals surface area (Å²) in [5.74, 6) is 0.551. The summed E-state index contributed by atoms with van der Waals surface area (Å²) < 4.78 is 1.80.